The maximum absolute atomic E-state index is 13.0. The molecule has 266 valence electrons. The highest BCUT2D eigenvalue weighted by Gasteiger charge is 2.22. The van der Waals surface area contributed by atoms with Crippen molar-refractivity contribution >= 4 is 11.9 Å². The van der Waals surface area contributed by atoms with Crippen LogP contribution >= 0.6 is 0 Å². The van der Waals surface area contributed by atoms with Gasteiger partial charge in [-0.05, 0) is 44.9 Å². The first-order chi connectivity index (χ1) is 22.2. The topological polar surface area (TPSA) is 43.4 Å². The molecule has 0 aromatic carbocycles. The fraction of sp³-hybridized carbons (Fsp3) is 0.905. The summed E-state index contributed by atoms with van der Waals surface area (Å²) in [5, 5.41) is 0. The Morgan fingerprint density at radius 3 is 1.11 bits per heavy atom. The van der Waals surface area contributed by atoms with Gasteiger partial charge in [-0.1, -0.05) is 200 Å². The number of carbonyl (C=O) groups excluding carboxylic acids is 2. The van der Waals surface area contributed by atoms with Crippen molar-refractivity contribution in [3.8, 4) is 0 Å². The minimum atomic E-state index is -0.301. The fourth-order valence-electron chi connectivity index (χ4n) is 6.37. The summed E-state index contributed by atoms with van der Waals surface area (Å²) in [6.07, 6.45) is 46.1. The summed E-state index contributed by atoms with van der Waals surface area (Å²) < 4.78 is 5.41. The Kier molecular flexibility index (Phi) is 36.4. The molecule has 1 unspecified atom stereocenters. The van der Waals surface area contributed by atoms with Gasteiger partial charge >= 0.3 is 11.9 Å². The predicted octanol–water partition coefficient (Wildman–Crippen LogP) is 14.6. The first kappa shape index (κ1) is 43.9. The number of hydrogen-bond acceptors (Lipinski definition) is 3. The Bertz CT molecular complexity index is 640. The van der Waals surface area contributed by atoms with Crippen molar-refractivity contribution < 1.29 is 14.3 Å². The van der Waals surface area contributed by atoms with Gasteiger partial charge in [-0.3, -0.25) is 9.59 Å². The lowest BCUT2D eigenvalue weighted by molar-refractivity contribution is -0.163. The van der Waals surface area contributed by atoms with E-state index in [2.05, 4.69) is 32.9 Å². The lowest BCUT2D eigenvalue weighted by Gasteiger charge is -2.15. The number of allylic oxidation sites excluding steroid dienone is 2. The van der Waals surface area contributed by atoms with Crippen LogP contribution in [0, 0.1) is 5.92 Å². The molecule has 0 heterocycles. The van der Waals surface area contributed by atoms with E-state index in [0.29, 0.717) is 6.42 Å². The smallest absolute Gasteiger partial charge is 0.316 e. The quantitative estimate of drug-likeness (QED) is 0.0299. The van der Waals surface area contributed by atoms with Gasteiger partial charge in [0.1, 0.15) is 0 Å². The van der Waals surface area contributed by atoms with E-state index in [1.54, 1.807) is 0 Å². The third-order valence-electron chi connectivity index (χ3n) is 9.50. The van der Waals surface area contributed by atoms with E-state index in [-0.39, 0.29) is 17.9 Å². The second-order valence-corrected chi connectivity index (χ2v) is 14.1. The van der Waals surface area contributed by atoms with Crippen LogP contribution in [0.2, 0.25) is 0 Å². The Hall–Kier alpha value is -1.12. The summed E-state index contributed by atoms with van der Waals surface area (Å²) >= 11 is 0. The molecule has 0 spiro atoms. The Balaban J connectivity index is 4.19. The molecule has 0 aliphatic rings. The number of esters is 2. The summed E-state index contributed by atoms with van der Waals surface area (Å²) in [6.45, 7) is 6.80. The van der Waals surface area contributed by atoms with Crippen LogP contribution in [0.4, 0.5) is 0 Å². The number of hydrogen-bond donors (Lipinski definition) is 0. The second kappa shape index (κ2) is 37.3. The highest BCUT2D eigenvalue weighted by molar-refractivity contribution is 5.86. The molecule has 45 heavy (non-hydrogen) atoms. The van der Waals surface area contributed by atoms with E-state index in [9.17, 15) is 9.59 Å². The normalized spacial score (nSPS) is 12.2. The van der Waals surface area contributed by atoms with Crippen molar-refractivity contribution in [2.24, 2.45) is 5.92 Å². The minimum absolute atomic E-state index is 0.108. The largest absolute Gasteiger partial charge is 0.393 e. The van der Waals surface area contributed by atoms with E-state index in [4.69, 9.17) is 4.74 Å². The van der Waals surface area contributed by atoms with Gasteiger partial charge in [-0.2, -0.15) is 0 Å². The van der Waals surface area contributed by atoms with Crippen molar-refractivity contribution in [2.45, 2.75) is 239 Å². The van der Waals surface area contributed by atoms with Crippen LogP contribution in [-0.2, 0) is 14.3 Å². The summed E-state index contributed by atoms with van der Waals surface area (Å²) in [5.41, 5.74) is 0. The van der Waals surface area contributed by atoms with Crippen LogP contribution in [-0.4, -0.2) is 11.9 Å². The molecule has 0 aromatic heterocycles. The van der Waals surface area contributed by atoms with E-state index in [0.717, 1.165) is 38.5 Å². The Morgan fingerprint density at radius 1 is 0.422 bits per heavy atom. The molecule has 0 amide bonds. The average Bonchev–Trinajstić information content (AvgIpc) is 3.03. The predicted molar refractivity (Wildman–Crippen MR) is 198 cm³/mol. The molecule has 0 bridgehead atoms. The molecule has 0 rings (SSSR count). The highest BCUT2D eigenvalue weighted by Crippen LogP contribution is 2.22. The van der Waals surface area contributed by atoms with Gasteiger partial charge in [0.2, 0.25) is 0 Å². The van der Waals surface area contributed by atoms with Crippen LogP contribution in [0.3, 0.4) is 0 Å². The van der Waals surface area contributed by atoms with Crippen molar-refractivity contribution in [3.63, 3.8) is 0 Å². The zero-order valence-corrected chi connectivity index (χ0v) is 31.0. The number of rotatable bonds is 36. The fourth-order valence-corrected chi connectivity index (χ4v) is 6.37. The summed E-state index contributed by atoms with van der Waals surface area (Å²) in [6, 6.07) is 0. The highest BCUT2D eigenvalue weighted by atomic mass is 16.6. The zero-order valence-electron chi connectivity index (χ0n) is 31.0. The van der Waals surface area contributed by atoms with Crippen molar-refractivity contribution in [1.82, 2.24) is 0 Å². The lowest BCUT2D eigenvalue weighted by Crippen LogP contribution is -2.21. The maximum atomic E-state index is 13.0. The lowest BCUT2D eigenvalue weighted by atomic mass is 9.94. The van der Waals surface area contributed by atoms with Crippen molar-refractivity contribution in [2.75, 3.05) is 0 Å². The Labute approximate surface area is 282 Å². The summed E-state index contributed by atoms with van der Waals surface area (Å²) in [4.78, 5) is 25.5. The molecule has 0 fully saturated rings. The molecular formula is C42H80O3. The third kappa shape index (κ3) is 34.0. The first-order valence-corrected chi connectivity index (χ1v) is 20.5. The average molecular weight is 633 g/mol. The first-order valence-electron chi connectivity index (χ1n) is 20.5. The standard InChI is InChI=1S/C42H80O3/c1-4-7-10-13-16-19-21-22-23-25-26-29-32-35-38-40(37-34-31-28-18-15-12-9-6-3)42(44)45-41(43)39-36-33-30-27-24-20-17-14-11-8-5-2/h22-23,40H,4-21,24-39H2,1-3H3/b23-22-. The van der Waals surface area contributed by atoms with E-state index in [1.807, 2.05) is 0 Å². The molecule has 0 saturated carbocycles. The summed E-state index contributed by atoms with van der Waals surface area (Å²) in [5.74, 6) is -0.656. The molecule has 0 aromatic rings. The van der Waals surface area contributed by atoms with Gasteiger partial charge in [0.15, 0.2) is 0 Å². The molecule has 3 nitrogen and oxygen atoms in total. The van der Waals surface area contributed by atoms with Crippen LogP contribution < -0.4 is 0 Å². The van der Waals surface area contributed by atoms with Crippen LogP contribution in [0.15, 0.2) is 12.2 Å². The minimum Gasteiger partial charge on any atom is -0.393 e. The Morgan fingerprint density at radius 2 is 0.733 bits per heavy atom. The maximum Gasteiger partial charge on any atom is 0.316 e. The molecular weight excluding hydrogens is 552 g/mol. The van der Waals surface area contributed by atoms with Crippen molar-refractivity contribution in [3.05, 3.63) is 12.2 Å². The van der Waals surface area contributed by atoms with E-state index in [1.165, 1.54) is 173 Å². The molecule has 0 radical (unpaired) electrons. The third-order valence-corrected chi connectivity index (χ3v) is 9.50. The van der Waals surface area contributed by atoms with Gasteiger partial charge in [0.25, 0.3) is 0 Å². The molecule has 0 aliphatic heterocycles. The molecule has 1 atom stereocenters. The molecule has 0 N–H and O–H groups in total. The monoisotopic (exact) mass is 633 g/mol. The van der Waals surface area contributed by atoms with Gasteiger partial charge < -0.3 is 4.74 Å². The van der Waals surface area contributed by atoms with Gasteiger partial charge in [-0.15, -0.1) is 0 Å². The van der Waals surface area contributed by atoms with E-state index < -0.39 is 0 Å². The zero-order chi connectivity index (χ0) is 32.9. The van der Waals surface area contributed by atoms with Crippen molar-refractivity contribution in [1.29, 1.82) is 0 Å². The molecule has 0 saturated heterocycles. The summed E-state index contributed by atoms with van der Waals surface area (Å²) in [7, 11) is 0. The number of carbonyl (C=O) groups is 2. The number of ether oxygens (including phenoxy) is 1. The van der Waals surface area contributed by atoms with Crippen LogP contribution in [0.25, 0.3) is 0 Å². The molecule has 3 heteroatoms. The SMILES string of the molecule is CCCCCCCC/C=C\CCCCCCC(CCCCCCCCCC)C(=O)OC(=O)CCCCCCCCCCCCC. The van der Waals surface area contributed by atoms with Gasteiger partial charge in [0.05, 0.1) is 5.92 Å². The van der Waals surface area contributed by atoms with E-state index >= 15 is 0 Å². The van der Waals surface area contributed by atoms with Crippen LogP contribution in [0.5, 0.6) is 0 Å². The van der Waals surface area contributed by atoms with Gasteiger partial charge in [-0.25, -0.2) is 0 Å². The van der Waals surface area contributed by atoms with Gasteiger partial charge in [0, 0.05) is 6.42 Å². The van der Waals surface area contributed by atoms with Crippen LogP contribution in [0.1, 0.15) is 239 Å². The molecule has 0 aliphatic carbocycles. The number of unbranched alkanes of at least 4 members (excludes halogenated alkanes) is 27. The second-order valence-electron chi connectivity index (χ2n) is 14.1.